The fourth-order valence-corrected chi connectivity index (χ4v) is 1.39. The van der Waals surface area contributed by atoms with Crippen molar-refractivity contribution < 1.29 is 4.79 Å². The number of hydrogen-bond acceptors (Lipinski definition) is 2. The summed E-state index contributed by atoms with van der Waals surface area (Å²) in [7, 11) is 0. The topological polar surface area (TPSA) is 55.1 Å². The number of nitrogens with two attached hydrogens (primary N) is 1. The first-order valence-corrected chi connectivity index (χ1v) is 5.76. The van der Waals surface area contributed by atoms with Crippen molar-refractivity contribution in [2.75, 3.05) is 5.32 Å². The Hall–Kier alpha value is -2.29. The van der Waals surface area contributed by atoms with Gasteiger partial charge in [-0.15, -0.1) is 0 Å². The molecule has 3 N–H and O–H groups in total. The lowest BCUT2D eigenvalue weighted by atomic mass is 10.2. The Bertz CT molecular complexity index is 482. The Morgan fingerprint density at radius 2 is 1.94 bits per heavy atom. The minimum Gasteiger partial charge on any atom is -0.405 e. The second-order valence-corrected chi connectivity index (χ2v) is 3.83. The average Bonchev–Trinajstić information content (AvgIpc) is 2.37. The van der Waals surface area contributed by atoms with E-state index in [0.29, 0.717) is 5.57 Å². The molecule has 0 bridgehead atoms. The quantitative estimate of drug-likeness (QED) is 0.630. The molecule has 18 heavy (non-hydrogen) atoms. The number of carbonyl (C=O) groups excluding carboxylic acids is 1. The van der Waals surface area contributed by atoms with Crippen LogP contribution in [0.25, 0.3) is 0 Å². The first-order valence-electron chi connectivity index (χ1n) is 5.76. The molecule has 1 rings (SSSR count). The van der Waals surface area contributed by atoms with E-state index < -0.39 is 0 Å². The SMILES string of the molecule is C\C=C/C(=C\C=C\N)C(=O)Nc1ccc(C)cc1. The van der Waals surface area contributed by atoms with Crippen molar-refractivity contribution in [3.63, 3.8) is 0 Å². The Balaban J connectivity index is 2.82. The number of anilines is 1. The zero-order valence-corrected chi connectivity index (χ0v) is 10.7. The maximum atomic E-state index is 12.0. The van der Waals surface area contributed by atoms with Crippen LogP contribution in [0.1, 0.15) is 12.5 Å². The number of rotatable bonds is 4. The molecular formula is C15H18N2O. The number of carbonyl (C=O) groups is 1. The van der Waals surface area contributed by atoms with Gasteiger partial charge in [0.25, 0.3) is 5.91 Å². The van der Waals surface area contributed by atoms with E-state index in [-0.39, 0.29) is 5.91 Å². The molecule has 0 heterocycles. The lowest BCUT2D eigenvalue weighted by Gasteiger charge is -2.05. The summed E-state index contributed by atoms with van der Waals surface area (Å²) >= 11 is 0. The molecule has 0 saturated carbocycles. The number of nitrogens with one attached hydrogen (secondary N) is 1. The van der Waals surface area contributed by atoms with Crippen LogP contribution in [0.4, 0.5) is 5.69 Å². The summed E-state index contributed by atoms with van der Waals surface area (Å²) in [4.78, 5) is 12.0. The van der Waals surface area contributed by atoms with Crippen molar-refractivity contribution in [2.24, 2.45) is 5.73 Å². The van der Waals surface area contributed by atoms with Crippen LogP contribution in [0.2, 0.25) is 0 Å². The molecule has 0 aliphatic heterocycles. The smallest absolute Gasteiger partial charge is 0.255 e. The fourth-order valence-electron chi connectivity index (χ4n) is 1.39. The first kappa shape index (κ1) is 13.8. The Kier molecular flexibility index (Phi) is 5.45. The summed E-state index contributed by atoms with van der Waals surface area (Å²) in [6.45, 7) is 3.86. The second kappa shape index (κ2) is 7.12. The summed E-state index contributed by atoms with van der Waals surface area (Å²) in [6, 6.07) is 7.65. The van der Waals surface area contributed by atoms with Crippen molar-refractivity contribution in [1.82, 2.24) is 0 Å². The molecule has 0 spiro atoms. The van der Waals surface area contributed by atoms with Gasteiger partial charge in [-0.2, -0.15) is 0 Å². The molecule has 3 nitrogen and oxygen atoms in total. The lowest BCUT2D eigenvalue weighted by molar-refractivity contribution is -0.112. The van der Waals surface area contributed by atoms with Crippen LogP contribution in [-0.4, -0.2) is 5.91 Å². The van der Waals surface area contributed by atoms with Gasteiger partial charge in [0, 0.05) is 11.3 Å². The molecule has 0 aliphatic rings. The third kappa shape index (κ3) is 4.29. The molecule has 3 heteroatoms. The molecule has 1 amide bonds. The molecule has 0 aliphatic carbocycles. The third-order valence-electron chi connectivity index (χ3n) is 2.30. The van der Waals surface area contributed by atoms with Gasteiger partial charge in [-0.05, 0) is 44.3 Å². The van der Waals surface area contributed by atoms with Crippen LogP contribution in [0.3, 0.4) is 0 Å². The zero-order valence-electron chi connectivity index (χ0n) is 10.7. The molecule has 0 fully saturated rings. The van der Waals surface area contributed by atoms with E-state index in [1.54, 1.807) is 18.2 Å². The van der Waals surface area contributed by atoms with Gasteiger partial charge < -0.3 is 11.1 Å². The maximum Gasteiger partial charge on any atom is 0.255 e. The predicted molar refractivity (Wildman–Crippen MR) is 76.0 cm³/mol. The van der Waals surface area contributed by atoms with Gasteiger partial charge in [0.05, 0.1) is 0 Å². The molecule has 0 atom stereocenters. The normalized spacial score (nSPS) is 12.2. The number of allylic oxidation sites excluding steroid dienone is 3. The van der Waals surface area contributed by atoms with Gasteiger partial charge in [-0.1, -0.05) is 29.8 Å². The average molecular weight is 242 g/mol. The summed E-state index contributed by atoms with van der Waals surface area (Å²) in [6.07, 6.45) is 8.24. The Morgan fingerprint density at radius 1 is 1.28 bits per heavy atom. The first-order chi connectivity index (χ1) is 8.67. The molecule has 0 unspecified atom stereocenters. The minimum atomic E-state index is -0.157. The minimum absolute atomic E-state index is 0.157. The molecule has 0 radical (unpaired) electrons. The van der Waals surface area contributed by atoms with E-state index in [1.807, 2.05) is 44.2 Å². The van der Waals surface area contributed by atoms with Gasteiger partial charge >= 0.3 is 0 Å². The molecular weight excluding hydrogens is 224 g/mol. The van der Waals surface area contributed by atoms with Crippen LogP contribution in [-0.2, 0) is 4.79 Å². The molecule has 94 valence electrons. The van der Waals surface area contributed by atoms with Crippen molar-refractivity contribution >= 4 is 11.6 Å². The van der Waals surface area contributed by atoms with Crippen LogP contribution < -0.4 is 11.1 Å². The third-order valence-corrected chi connectivity index (χ3v) is 2.30. The van der Waals surface area contributed by atoms with E-state index in [2.05, 4.69) is 5.32 Å². The van der Waals surface area contributed by atoms with Gasteiger partial charge in [-0.25, -0.2) is 0 Å². The van der Waals surface area contributed by atoms with E-state index in [1.165, 1.54) is 6.20 Å². The monoisotopic (exact) mass is 242 g/mol. The summed E-state index contributed by atoms with van der Waals surface area (Å²) in [5.74, 6) is -0.157. The second-order valence-electron chi connectivity index (χ2n) is 3.83. The van der Waals surface area contributed by atoms with Gasteiger partial charge in [-0.3, -0.25) is 4.79 Å². The number of benzene rings is 1. The van der Waals surface area contributed by atoms with Crippen LogP contribution in [0.5, 0.6) is 0 Å². The fraction of sp³-hybridized carbons (Fsp3) is 0.133. The molecule has 1 aromatic rings. The van der Waals surface area contributed by atoms with Crippen LogP contribution >= 0.6 is 0 Å². The highest BCUT2D eigenvalue weighted by Crippen LogP contribution is 2.10. The lowest BCUT2D eigenvalue weighted by Crippen LogP contribution is -2.13. The molecule has 1 aromatic carbocycles. The van der Waals surface area contributed by atoms with Crippen molar-refractivity contribution in [1.29, 1.82) is 0 Å². The van der Waals surface area contributed by atoms with Crippen LogP contribution in [0, 0.1) is 6.92 Å². The Morgan fingerprint density at radius 3 is 2.50 bits per heavy atom. The Labute approximate surface area is 108 Å². The highest BCUT2D eigenvalue weighted by atomic mass is 16.1. The highest BCUT2D eigenvalue weighted by molar-refractivity contribution is 6.05. The van der Waals surface area contributed by atoms with E-state index in [0.717, 1.165) is 11.3 Å². The van der Waals surface area contributed by atoms with Gasteiger partial charge in [0.15, 0.2) is 0 Å². The van der Waals surface area contributed by atoms with Gasteiger partial charge in [0.1, 0.15) is 0 Å². The van der Waals surface area contributed by atoms with E-state index >= 15 is 0 Å². The van der Waals surface area contributed by atoms with E-state index in [4.69, 9.17) is 5.73 Å². The highest BCUT2D eigenvalue weighted by Gasteiger charge is 2.05. The maximum absolute atomic E-state index is 12.0. The van der Waals surface area contributed by atoms with Crippen molar-refractivity contribution in [3.8, 4) is 0 Å². The summed E-state index contributed by atoms with van der Waals surface area (Å²) in [5.41, 5.74) is 7.75. The molecule has 0 aromatic heterocycles. The summed E-state index contributed by atoms with van der Waals surface area (Å²) < 4.78 is 0. The number of aryl methyl sites for hydroxylation is 1. The predicted octanol–water partition coefficient (Wildman–Crippen LogP) is 2.91. The number of amides is 1. The largest absolute Gasteiger partial charge is 0.405 e. The van der Waals surface area contributed by atoms with Crippen LogP contribution in [0.15, 0.2) is 60.3 Å². The standard InChI is InChI=1S/C15H18N2O/c1-3-5-13(6-4-11-16)15(18)17-14-9-7-12(2)8-10-14/h3-11H,16H2,1-2H3,(H,17,18)/b5-3-,11-4+,13-6+. The zero-order chi connectivity index (χ0) is 13.4. The van der Waals surface area contributed by atoms with Crippen molar-refractivity contribution in [3.05, 3.63) is 65.9 Å². The number of hydrogen-bond donors (Lipinski definition) is 2. The molecule has 0 saturated heterocycles. The van der Waals surface area contributed by atoms with Gasteiger partial charge in [0.2, 0.25) is 0 Å². The van der Waals surface area contributed by atoms with Crippen molar-refractivity contribution in [2.45, 2.75) is 13.8 Å². The summed E-state index contributed by atoms with van der Waals surface area (Å²) in [5, 5.41) is 2.83. The van der Waals surface area contributed by atoms with E-state index in [9.17, 15) is 4.79 Å².